The number of carbonyl (C=O) groups is 2. The van der Waals surface area contributed by atoms with Gasteiger partial charge in [-0.3, -0.25) is 9.59 Å². The van der Waals surface area contributed by atoms with Crippen LogP contribution in [0.5, 0.6) is 0 Å². The molecule has 1 aliphatic rings. The van der Waals surface area contributed by atoms with Gasteiger partial charge in [0.2, 0.25) is 11.8 Å². The van der Waals surface area contributed by atoms with E-state index in [1.165, 1.54) is 0 Å². The van der Waals surface area contributed by atoms with E-state index < -0.39 is 5.41 Å². The maximum Gasteiger partial charge on any atom is 0.235 e. The quantitative estimate of drug-likeness (QED) is 0.728. The fourth-order valence-electron chi connectivity index (χ4n) is 3.98. The molecule has 5 nitrogen and oxygen atoms in total. The van der Waals surface area contributed by atoms with Gasteiger partial charge in [-0.1, -0.05) is 30.3 Å². The summed E-state index contributed by atoms with van der Waals surface area (Å²) < 4.78 is 1.07. The number of nitrogens with one attached hydrogen (secondary N) is 1. The number of thiazole rings is 1. The molecule has 1 aliphatic heterocycles. The minimum absolute atomic E-state index is 0.0116. The average molecular weight is 394 g/mol. The molecule has 0 bridgehead atoms. The van der Waals surface area contributed by atoms with Crippen LogP contribution >= 0.6 is 11.3 Å². The fraction of sp³-hybridized carbons (Fsp3) is 0.318. The van der Waals surface area contributed by atoms with Crippen LogP contribution in [-0.2, 0) is 15.0 Å². The zero-order chi connectivity index (χ0) is 19.7. The highest BCUT2D eigenvalue weighted by molar-refractivity contribution is 7.18. The minimum atomic E-state index is -0.633. The molecule has 2 heterocycles. The van der Waals surface area contributed by atoms with Crippen molar-refractivity contribution in [2.75, 3.05) is 18.4 Å². The van der Waals surface area contributed by atoms with Crippen LogP contribution in [0.4, 0.5) is 5.69 Å². The topological polar surface area (TPSA) is 62.3 Å². The Morgan fingerprint density at radius 3 is 2.50 bits per heavy atom. The largest absolute Gasteiger partial charge is 0.343 e. The van der Waals surface area contributed by atoms with Crippen LogP contribution in [0.15, 0.2) is 48.5 Å². The Hall–Kier alpha value is -2.73. The lowest BCUT2D eigenvalue weighted by Crippen LogP contribution is -2.50. The van der Waals surface area contributed by atoms with Crippen LogP contribution in [0.1, 0.15) is 30.3 Å². The van der Waals surface area contributed by atoms with Gasteiger partial charge < -0.3 is 10.2 Å². The zero-order valence-corrected chi connectivity index (χ0v) is 16.9. The monoisotopic (exact) mass is 393 g/mol. The molecule has 0 aliphatic carbocycles. The highest BCUT2D eigenvalue weighted by atomic mass is 32.1. The summed E-state index contributed by atoms with van der Waals surface area (Å²) in [6.45, 7) is 4.74. The van der Waals surface area contributed by atoms with E-state index in [-0.39, 0.29) is 11.8 Å². The number of hydrogen-bond donors (Lipinski definition) is 1. The number of benzene rings is 2. The van der Waals surface area contributed by atoms with Crippen molar-refractivity contribution >= 4 is 39.1 Å². The SMILES string of the molecule is CC(=O)N1CCC(C(=O)Nc2ccc3nc(C)sc3c2)(c2ccccc2)CC1. The molecule has 0 unspecified atom stereocenters. The molecule has 144 valence electrons. The molecule has 2 aromatic carbocycles. The number of amides is 2. The van der Waals surface area contributed by atoms with Gasteiger partial charge in [-0.25, -0.2) is 4.98 Å². The molecule has 3 aromatic rings. The molecule has 2 amide bonds. The summed E-state index contributed by atoms with van der Waals surface area (Å²) >= 11 is 1.62. The van der Waals surface area contributed by atoms with E-state index in [0.717, 1.165) is 26.5 Å². The molecular weight excluding hydrogens is 370 g/mol. The van der Waals surface area contributed by atoms with Gasteiger partial charge in [-0.05, 0) is 43.5 Å². The van der Waals surface area contributed by atoms with E-state index in [1.807, 2.05) is 60.4 Å². The Morgan fingerprint density at radius 2 is 1.82 bits per heavy atom. The number of piperidine rings is 1. The molecule has 1 fully saturated rings. The standard InChI is InChI=1S/C22H23N3O2S/c1-15-23-19-9-8-18(14-20(19)28-15)24-21(27)22(17-6-4-3-5-7-17)10-12-25(13-11-22)16(2)26/h3-9,14H,10-13H2,1-2H3,(H,24,27). The van der Waals surface area contributed by atoms with E-state index in [2.05, 4.69) is 10.3 Å². The van der Waals surface area contributed by atoms with E-state index in [0.29, 0.717) is 25.9 Å². The van der Waals surface area contributed by atoms with Crippen LogP contribution in [0, 0.1) is 6.92 Å². The van der Waals surface area contributed by atoms with Crippen molar-refractivity contribution < 1.29 is 9.59 Å². The van der Waals surface area contributed by atoms with Crippen molar-refractivity contribution in [1.82, 2.24) is 9.88 Å². The number of fused-ring (bicyclic) bond motifs is 1. The Balaban J connectivity index is 1.64. The Kier molecular flexibility index (Phi) is 4.89. The van der Waals surface area contributed by atoms with Crippen LogP contribution in [0.3, 0.4) is 0 Å². The molecule has 6 heteroatoms. The number of hydrogen-bond acceptors (Lipinski definition) is 4. The third-order valence-electron chi connectivity index (χ3n) is 5.58. The first-order chi connectivity index (χ1) is 13.5. The van der Waals surface area contributed by atoms with Gasteiger partial charge in [0.1, 0.15) is 0 Å². The summed E-state index contributed by atoms with van der Waals surface area (Å²) in [7, 11) is 0. The van der Waals surface area contributed by atoms with Gasteiger partial charge in [-0.2, -0.15) is 0 Å². The summed E-state index contributed by atoms with van der Waals surface area (Å²) in [5.41, 5.74) is 2.11. The lowest BCUT2D eigenvalue weighted by Gasteiger charge is -2.40. The lowest BCUT2D eigenvalue weighted by molar-refractivity contribution is -0.133. The van der Waals surface area contributed by atoms with Crippen LogP contribution < -0.4 is 5.32 Å². The Morgan fingerprint density at radius 1 is 1.11 bits per heavy atom. The summed E-state index contributed by atoms with van der Waals surface area (Å²) in [4.78, 5) is 31.5. The van der Waals surface area contributed by atoms with E-state index in [1.54, 1.807) is 18.3 Å². The molecule has 0 spiro atoms. The van der Waals surface area contributed by atoms with E-state index in [9.17, 15) is 9.59 Å². The van der Waals surface area contributed by atoms with Gasteiger partial charge in [0, 0.05) is 25.7 Å². The Labute approximate surface area is 168 Å². The summed E-state index contributed by atoms with van der Waals surface area (Å²) in [5, 5.41) is 4.14. The summed E-state index contributed by atoms with van der Waals surface area (Å²) in [6, 6.07) is 15.8. The van der Waals surface area contributed by atoms with E-state index >= 15 is 0 Å². The number of likely N-dealkylation sites (tertiary alicyclic amines) is 1. The molecule has 0 atom stereocenters. The third kappa shape index (κ3) is 3.40. The zero-order valence-electron chi connectivity index (χ0n) is 16.1. The number of rotatable bonds is 3. The first kappa shape index (κ1) is 18.6. The second kappa shape index (κ2) is 7.36. The maximum atomic E-state index is 13.5. The van der Waals surface area contributed by atoms with Crippen molar-refractivity contribution in [1.29, 1.82) is 0 Å². The first-order valence-electron chi connectivity index (χ1n) is 9.48. The van der Waals surface area contributed by atoms with Crippen molar-refractivity contribution in [3.05, 3.63) is 59.1 Å². The number of aryl methyl sites for hydroxylation is 1. The van der Waals surface area contributed by atoms with Crippen molar-refractivity contribution in [3.63, 3.8) is 0 Å². The highest BCUT2D eigenvalue weighted by Crippen LogP contribution is 2.37. The third-order valence-corrected chi connectivity index (χ3v) is 6.51. The predicted octanol–water partition coefficient (Wildman–Crippen LogP) is 4.12. The molecule has 1 N–H and O–H groups in total. The molecule has 28 heavy (non-hydrogen) atoms. The number of nitrogens with zero attached hydrogens (tertiary/aromatic N) is 2. The smallest absolute Gasteiger partial charge is 0.235 e. The van der Waals surface area contributed by atoms with Crippen molar-refractivity contribution in [2.24, 2.45) is 0 Å². The number of carbonyl (C=O) groups excluding carboxylic acids is 2. The summed E-state index contributed by atoms with van der Waals surface area (Å²) in [6.07, 6.45) is 1.23. The predicted molar refractivity (Wildman–Crippen MR) is 113 cm³/mol. The van der Waals surface area contributed by atoms with Gasteiger partial charge >= 0.3 is 0 Å². The highest BCUT2D eigenvalue weighted by Gasteiger charge is 2.43. The molecule has 1 saturated heterocycles. The molecule has 0 saturated carbocycles. The normalized spacial score (nSPS) is 16.1. The minimum Gasteiger partial charge on any atom is -0.343 e. The van der Waals surface area contributed by atoms with Gasteiger partial charge in [0.25, 0.3) is 0 Å². The van der Waals surface area contributed by atoms with E-state index in [4.69, 9.17) is 0 Å². The average Bonchev–Trinajstić information content (AvgIpc) is 3.08. The van der Waals surface area contributed by atoms with Crippen molar-refractivity contribution in [2.45, 2.75) is 32.1 Å². The molecular formula is C22H23N3O2S. The maximum absolute atomic E-state index is 13.5. The van der Waals surface area contributed by atoms with Gasteiger partial charge in [0.05, 0.1) is 20.6 Å². The number of aromatic nitrogens is 1. The molecule has 4 rings (SSSR count). The second-order valence-electron chi connectivity index (χ2n) is 7.32. The van der Waals surface area contributed by atoms with Gasteiger partial charge in [-0.15, -0.1) is 11.3 Å². The van der Waals surface area contributed by atoms with Crippen LogP contribution in [0.25, 0.3) is 10.2 Å². The van der Waals surface area contributed by atoms with Crippen molar-refractivity contribution in [3.8, 4) is 0 Å². The molecule has 0 radical (unpaired) electrons. The number of anilines is 1. The van der Waals surface area contributed by atoms with Gasteiger partial charge in [0.15, 0.2) is 0 Å². The second-order valence-corrected chi connectivity index (χ2v) is 8.56. The Bertz CT molecular complexity index is 1020. The molecule has 1 aromatic heterocycles. The fourth-order valence-corrected chi connectivity index (χ4v) is 4.84. The van der Waals surface area contributed by atoms with Crippen LogP contribution in [-0.4, -0.2) is 34.8 Å². The lowest BCUT2D eigenvalue weighted by atomic mass is 9.72. The van der Waals surface area contributed by atoms with Crippen LogP contribution in [0.2, 0.25) is 0 Å². The first-order valence-corrected chi connectivity index (χ1v) is 10.3. The summed E-state index contributed by atoms with van der Waals surface area (Å²) in [5.74, 6) is 0.0515.